The van der Waals surface area contributed by atoms with Gasteiger partial charge in [0, 0.05) is 32.0 Å². The molecule has 0 atom stereocenters. The second kappa shape index (κ2) is 7.46. The molecule has 8 nitrogen and oxygen atoms in total. The van der Waals surface area contributed by atoms with E-state index in [0.29, 0.717) is 23.1 Å². The van der Waals surface area contributed by atoms with E-state index in [2.05, 4.69) is 26.1 Å². The van der Waals surface area contributed by atoms with Gasteiger partial charge in [-0.2, -0.15) is 10.2 Å². The Morgan fingerprint density at radius 1 is 0.962 bits per heavy atom. The molecule has 0 amide bonds. The van der Waals surface area contributed by atoms with E-state index in [1.165, 1.54) is 0 Å². The summed E-state index contributed by atoms with van der Waals surface area (Å²) in [4.78, 5) is 21.1. The van der Waals surface area contributed by atoms with E-state index < -0.39 is 18.3 Å². The van der Waals surface area contributed by atoms with Gasteiger partial charge < -0.3 is 9.31 Å². The van der Waals surface area contributed by atoms with Crippen molar-refractivity contribution in [3.8, 4) is 0 Å². The van der Waals surface area contributed by atoms with E-state index in [9.17, 15) is 9.59 Å². The van der Waals surface area contributed by atoms with Crippen LogP contribution in [0.2, 0.25) is 0 Å². The Morgan fingerprint density at radius 2 is 1.42 bits per heavy atom. The number of carbonyl (C=O) groups is 2. The second-order valence-corrected chi connectivity index (χ2v) is 7.86. The van der Waals surface area contributed by atoms with E-state index >= 15 is 0 Å². The molecule has 10 heteroatoms. The highest BCUT2D eigenvalue weighted by atomic mass is 79.9. The van der Waals surface area contributed by atoms with Crippen molar-refractivity contribution in [3.63, 3.8) is 0 Å². The lowest BCUT2D eigenvalue weighted by Gasteiger charge is -2.32. The molecule has 1 aliphatic heterocycles. The summed E-state index contributed by atoms with van der Waals surface area (Å²) in [5.74, 6) is 0. The summed E-state index contributed by atoms with van der Waals surface area (Å²) in [6.07, 6.45) is 4.92. The zero-order valence-corrected chi connectivity index (χ0v) is 17.3. The quantitative estimate of drug-likeness (QED) is 0.548. The van der Waals surface area contributed by atoms with Crippen LogP contribution in [0.5, 0.6) is 0 Å². The number of carbonyl (C=O) groups excluding carboxylic acids is 2. The highest BCUT2D eigenvalue weighted by Gasteiger charge is 2.52. The van der Waals surface area contributed by atoms with Crippen LogP contribution in [0.1, 0.15) is 48.7 Å². The summed E-state index contributed by atoms with van der Waals surface area (Å²) < 4.78 is 15.6. The molecule has 1 fully saturated rings. The van der Waals surface area contributed by atoms with E-state index in [-0.39, 0.29) is 0 Å². The summed E-state index contributed by atoms with van der Waals surface area (Å²) in [7, 11) is 2.99. The third-order valence-corrected chi connectivity index (χ3v) is 5.04. The van der Waals surface area contributed by atoms with Crippen molar-refractivity contribution in [2.45, 2.75) is 38.9 Å². The molecule has 1 aliphatic rings. The van der Waals surface area contributed by atoms with Crippen LogP contribution < -0.4 is 5.46 Å². The van der Waals surface area contributed by atoms with Gasteiger partial charge in [0.25, 0.3) is 0 Å². The van der Waals surface area contributed by atoms with Crippen LogP contribution >= 0.6 is 15.9 Å². The summed E-state index contributed by atoms with van der Waals surface area (Å²) in [5, 5.41) is 7.89. The number of aryl methyl sites for hydroxylation is 2. The van der Waals surface area contributed by atoms with Crippen molar-refractivity contribution in [1.82, 2.24) is 19.6 Å². The average molecular weight is 425 g/mol. The van der Waals surface area contributed by atoms with Crippen molar-refractivity contribution in [3.05, 3.63) is 28.3 Å². The molecule has 26 heavy (non-hydrogen) atoms. The minimum absolute atomic E-state index is 0.367. The fourth-order valence-electron chi connectivity index (χ4n) is 2.32. The Hall–Kier alpha value is -1.78. The first-order valence-corrected chi connectivity index (χ1v) is 8.78. The van der Waals surface area contributed by atoms with Crippen molar-refractivity contribution in [2.24, 2.45) is 14.1 Å². The molecular weight excluding hydrogens is 403 g/mol. The fraction of sp³-hybridized carbons (Fsp3) is 0.500. The first kappa shape index (κ1) is 20.5. The van der Waals surface area contributed by atoms with E-state index in [1.807, 2.05) is 27.7 Å². The Balaban J connectivity index is 0.000000228. The van der Waals surface area contributed by atoms with E-state index in [0.717, 1.165) is 10.8 Å². The normalized spacial score (nSPS) is 17.6. The molecule has 0 radical (unpaired) electrons. The topological polar surface area (TPSA) is 88.2 Å². The summed E-state index contributed by atoms with van der Waals surface area (Å²) in [6, 6.07) is 0. The Labute approximate surface area is 161 Å². The van der Waals surface area contributed by atoms with Crippen LogP contribution in [-0.4, -0.2) is 50.5 Å². The van der Waals surface area contributed by atoms with Gasteiger partial charge in [0.15, 0.2) is 12.6 Å². The average Bonchev–Trinajstić information content (AvgIpc) is 3.13. The number of rotatable bonds is 3. The number of hydrogen-bond donors (Lipinski definition) is 0. The first-order valence-electron chi connectivity index (χ1n) is 7.99. The van der Waals surface area contributed by atoms with Crippen LogP contribution in [0.3, 0.4) is 0 Å². The van der Waals surface area contributed by atoms with Gasteiger partial charge in [-0.05, 0) is 43.6 Å². The molecule has 0 bridgehead atoms. The molecule has 0 saturated carbocycles. The zero-order valence-electron chi connectivity index (χ0n) is 15.7. The Morgan fingerprint density at radius 3 is 1.81 bits per heavy atom. The van der Waals surface area contributed by atoms with Gasteiger partial charge in [-0.1, -0.05) is 0 Å². The smallest absolute Gasteiger partial charge is 0.399 e. The van der Waals surface area contributed by atoms with Crippen LogP contribution in [0, 0.1) is 0 Å². The standard InChI is InChI=1S/C11H17BN2O3.C5H5BrN2O/c1-10(2)11(3,4)17-12(16-10)8-6-14(5)13-9(8)7-15;1-8-2-4(6)5(3-9)7-8/h6-7H,1-5H3;2-3H,1H3. The fourth-order valence-corrected chi connectivity index (χ4v) is 2.79. The molecule has 140 valence electrons. The van der Waals surface area contributed by atoms with Gasteiger partial charge in [-0.3, -0.25) is 19.0 Å². The monoisotopic (exact) mass is 424 g/mol. The third-order valence-electron chi connectivity index (χ3n) is 4.43. The number of nitrogens with zero attached hydrogens (tertiary/aromatic N) is 4. The van der Waals surface area contributed by atoms with Gasteiger partial charge in [0.1, 0.15) is 11.4 Å². The van der Waals surface area contributed by atoms with E-state index in [1.54, 1.807) is 35.9 Å². The maximum absolute atomic E-state index is 10.9. The zero-order chi connectivity index (χ0) is 19.7. The van der Waals surface area contributed by atoms with Crippen molar-refractivity contribution in [1.29, 1.82) is 0 Å². The lowest BCUT2D eigenvalue weighted by molar-refractivity contribution is 0.00578. The maximum atomic E-state index is 10.9. The second-order valence-electron chi connectivity index (χ2n) is 7.00. The number of aldehydes is 2. The minimum Gasteiger partial charge on any atom is -0.399 e. The first-order chi connectivity index (χ1) is 12.0. The van der Waals surface area contributed by atoms with Gasteiger partial charge in [0.05, 0.1) is 15.7 Å². The van der Waals surface area contributed by atoms with E-state index in [4.69, 9.17) is 9.31 Å². The molecule has 0 aliphatic carbocycles. The van der Waals surface area contributed by atoms with Gasteiger partial charge in [0.2, 0.25) is 0 Å². The molecule has 1 saturated heterocycles. The maximum Gasteiger partial charge on any atom is 0.498 e. The van der Waals surface area contributed by atoms with Gasteiger partial charge in [-0.25, -0.2) is 0 Å². The van der Waals surface area contributed by atoms with Crippen LogP contribution in [0.15, 0.2) is 16.9 Å². The Kier molecular flexibility index (Phi) is 5.89. The molecular formula is C16H22BBrN4O4. The predicted molar refractivity (Wildman–Crippen MR) is 101 cm³/mol. The number of aromatic nitrogens is 4. The summed E-state index contributed by atoms with van der Waals surface area (Å²) in [5.41, 5.74) is 0.672. The molecule has 0 N–H and O–H groups in total. The minimum atomic E-state index is -0.533. The lowest BCUT2D eigenvalue weighted by atomic mass is 9.79. The predicted octanol–water partition coefficient (Wildman–Crippen LogP) is 1.53. The van der Waals surface area contributed by atoms with Gasteiger partial charge >= 0.3 is 7.12 Å². The molecule has 0 unspecified atom stereocenters. The van der Waals surface area contributed by atoms with Crippen LogP contribution in [-0.2, 0) is 23.4 Å². The molecule has 2 aromatic rings. The van der Waals surface area contributed by atoms with Crippen molar-refractivity contribution >= 4 is 41.1 Å². The highest BCUT2D eigenvalue weighted by molar-refractivity contribution is 9.10. The highest BCUT2D eigenvalue weighted by Crippen LogP contribution is 2.36. The Bertz CT molecular complexity index is 799. The lowest BCUT2D eigenvalue weighted by Crippen LogP contribution is -2.41. The van der Waals surface area contributed by atoms with Crippen molar-refractivity contribution < 1.29 is 18.9 Å². The van der Waals surface area contributed by atoms with Crippen LogP contribution in [0.25, 0.3) is 0 Å². The third kappa shape index (κ3) is 4.13. The molecule has 0 spiro atoms. The summed E-state index contributed by atoms with van der Waals surface area (Å²) >= 11 is 3.16. The number of hydrogen-bond acceptors (Lipinski definition) is 6. The summed E-state index contributed by atoms with van der Waals surface area (Å²) in [6.45, 7) is 7.90. The molecule has 3 rings (SSSR count). The van der Waals surface area contributed by atoms with Crippen LogP contribution in [0.4, 0.5) is 0 Å². The molecule has 0 aromatic carbocycles. The van der Waals surface area contributed by atoms with Gasteiger partial charge in [-0.15, -0.1) is 0 Å². The molecule has 2 aromatic heterocycles. The molecule has 3 heterocycles. The number of halogens is 1. The SMILES string of the molecule is Cn1cc(B2OC(C)(C)C(C)(C)O2)c(C=O)n1.Cn1cc(Br)c(C=O)n1. The van der Waals surface area contributed by atoms with Crippen molar-refractivity contribution in [2.75, 3.05) is 0 Å². The largest absolute Gasteiger partial charge is 0.498 e.